The maximum Gasteiger partial charge on any atom is 0.237 e. The number of halogens is 1. The molecule has 0 aromatic heterocycles. The summed E-state index contributed by atoms with van der Waals surface area (Å²) in [6.07, 6.45) is 0.560. The number of nitrogens with zero attached hydrogens (tertiary/aromatic N) is 1. The lowest BCUT2D eigenvalue weighted by molar-refractivity contribution is -0.136. The Bertz CT molecular complexity index is 761. The topological polar surface area (TPSA) is 49.4 Å². The fourth-order valence-corrected chi connectivity index (χ4v) is 3.22. The third kappa shape index (κ3) is 3.67. The molecule has 2 amide bonds. The van der Waals surface area contributed by atoms with Crippen molar-refractivity contribution in [3.05, 3.63) is 64.1 Å². The molecule has 1 atom stereocenters. The minimum Gasteiger partial charge on any atom is -0.338 e. The molecule has 0 bridgehead atoms. The van der Waals surface area contributed by atoms with E-state index in [0.29, 0.717) is 25.2 Å². The molecule has 1 heterocycles. The Morgan fingerprint density at radius 2 is 2.00 bits per heavy atom. The predicted molar refractivity (Wildman–Crippen MR) is 97.5 cm³/mol. The molecule has 0 saturated carbocycles. The van der Waals surface area contributed by atoms with Gasteiger partial charge in [0.1, 0.15) is 5.92 Å². The fourth-order valence-electron chi connectivity index (χ4n) is 2.84. The average molecular weight is 387 g/mol. The van der Waals surface area contributed by atoms with Crippen molar-refractivity contribution in [1.82, 2.24) is 4.90 Å². The molecule has 3 rings (SSSR count). The van der Waals surface area contributed by atoms with Crippen LogP contribution in [0.5, 0.6) is 0 Å². The van der Waals surface area contributed by atoms with Crippen molar-refractivity contribution in [2.45, 2.75) is 19.9 Å². The highest BCUT2D eigenvalue weighted by Crippen LogP contribution is 2.24. The summed E-state index contributed by atoms with van der Waals surface area (Å²) in [5, 5.41) is 2.85. The maximum absolute atomic E-state index is 12.5. The first-order valence-corrected chi connectivity index (χ1v) is 8.73. The highest BCUT2D eigenvalue weighted by atomic mass is 79.9. The van der Waals surface area contributed by atoms with E-state index in [9.17, 15) is 9.59 Å². The summed E-state index contributed by atoms with van der Waals surface area (Å²) in [6, 6.07) is 15.5. The van der Waals surface area contributed by atoms with Gasteiger partial charge in [-0.05, 0) is 36.6 Å². The quantitative estimate of drug-likeness (QED) is 0.813. The second-order valence-corrected chi connectivity index (χ2v) is 6.89. The van der Waals surface area contributed by atoms with Gasteiger partial charge < -0.3 is 10.2 Å². The molecular weight excluding hydrogens is 368 g/mol. The third-order valence-corrected chi connectivity index (χ3v) is 5.12. The Morgan fingerprint density at radius 1 is 1.25 bits per heavy atom. The van der Waals surface area contributed by atoms with Gasteiger partial charge in [-0.15, -0.1) is 0 Å². The monoisotopic (exact) mass is 386 g/mol. The van der Waals surface area contributed by atoms with Gasteiger partial charge in [-0.1, -0.05) is 52.3 Å². The van der Waals surface area contributed by atoms with Gasteiger partial charge in [0, 0.05) is 23.2 Å². The Hall–Kier alpha value is -2.14. The van der Waals surface area contributed by atoms with Crippen molar-refractivity contribution < 1.29 is 9.59 Å². The predicted octanol–water partition coefficient (Wildman–Crippen LogP) is 3.74. The first-order valence-electron chi connectivity index (χ1n) is 7.94. The highest BCUT2D eigenvalue weighted by Gasteiger charge is 2.36. The van der Waals surface area contributed by atoms with Gasteiger partial charge in [-0.3, -0.25) is 9.59 Å². The molecule has 1 unspecified atom stereocenters. The number of nitrogens with one attached hydrogen (secondary N) is 1. The van der Waals surface area contributed by atoms with Gasteiger partial charge in [0.2, 0.25) is 11.8 Å². The van der Waals surface area contributed by atoms with Crippen LogP contribution in [0.1, 0.15) is 17.5 Å². The Kier molecular flexibility index (Phi) is 5.00. The van der Waals surface area contributed by atoms with Crippen molar-refractivity contribution in [1.29, 1.82) is 0 Å². The van der Waals surface area contributed by atoms with E-state index in [4.69, 9.17) is 0 Å². The molecule has 124 valence electrons. The van der Waals surface area contributed by atoms with Crippen LogP contribution in [-0.4, -0.2) is 23.3 Å². The molecule has 1 fully saturated rings. The minimum atomic E-state index is -0.603. The van der Waals surface area contributed by atoms with Crippen LogP contribution in [0.2, 0.25) is 0 Å². The van der Waals surface area contributed by atoms with E-state index in [1.54, 1.807) is 4.90 Å². The van der Waals surface area contributed by atoms with Gasteiger partial charge in [0.05, 0.1) is 0 Å². The largest absolute Gasteiger partial charge is 0.338 e. The molecule has 2 aromatic carbocycles. The standard InChI is InChI=1S/C19H19BrN2O2/c1-13-7-8-15(11-17(13)20)21-18(23)16-9-10-22(19(16)24)12-14-5-3-2-4-6-14/h2-8,11,16H,9-10,12H2,1H3,(H,21,23). The van der Waals surface area contributed by atoms with Crippen LogP contribution in [0.25, 0.3) is 0 Å². The van der Waals surface area contributed by atoms with Crippen LogP contribution in [0.4, 0.5) is 5.69 Å². The van der Waals surface area contributed by atoms with E-state index in [1.165, 1.54) is 0 Å². The first-order chi connectivity index (χ1) is 11.5. The molecule has 0 aliphatic carbocycles. The summed E-state index contributed by atoms with van der Waals surface area (Å²) in [6.45, 7) is 3.15. The van der Waals surface area contributed by atoms with Gasteiger partial charge in [-0.2, -0.15) is 0 Å². The number of carbonyl (C=O) groups excluding carboxylic acids is 2. The van der Waals surface area contributed by atoms with E-state index in [-0.39, 0.29) is 11.8 Å². The number of carbonyl (C=O) groups is 2. The molecule has 5 heteroatoms. The number of hydrogen-bond acceptors (Lipinski definition) is 2. The van der Waals surface area contributed by atoms with Crippen LogP contribution < -0.4 is 5.32 Å². The molecule has 0 radical (unpaired) electrons. The van der Waals surface area contributed by atoms with Crippen LogP contribution in [0, 0.1) is 12.8 Å². The lowest BCUT2D eigenvalue weighted by atomic mass is 10.1. The highest BCUT2D eigenvalue weighted by molar-refractivity contribution is 9.10. The summed E-state index contributed by atoms with van der Waals surface area (Å²) in [5.41, 5.74) is 2.88. The van der Waals surface area contributed by atoms with Gasteiger partial charge in [0.25, 0.3) is 0 Å². The molecule has 1 aliphatic rings. The maximum atomic E-state index is 12.5. The summed E-state index contributed by atoms with van der Waals surface area (Å²) in [5.74, 6) is -0.928. The van der Waals surface area contributed by atoms with E-state index in [1.807, 2.05) is 55.5 Å². The molecule has 1 N–H and O–H groups in total. The van der Waals surface area contributed by atoms with E-state index >= 15 is 0 Å². The zero-order valence-corrected chi connectivity index (χ0v) is 15.0. The number of hydrogen-bond donors (Lipinski definition) is 1. The molecule has 24 heavy (non-hydrogen) atoms. The van der Waals surface area contributed by atoms with Crippen LogP contribution in [0.3, 0.4) is 0 Å². The smallest absolute Gasteiger partial charge is 0.237 e. The normalized spacial score (nSPS) is 17.2. The number of rotatable bonds is 4. The number of likely N-dealkylation sites (tertiary alicyclic amines) is 1. The zero-order chi connectivity index (χ0) is 17.1. The summed E-state index contributed by atoms with van der Waals surface area (Å²) >= 11 is 3.45. The molecule has 1 aliphatic heterocycles. The molecular formula is C19H19BrN2O2. The molecule has 1 saturated heterocycles. The van der Waals surface area contributed by atoms with Crippen molar-refractivity contribution in [2.75, 3.05) is 11.9 Å². The van der Waals surface area contributed by atoms with Crippen molar-refractivity contribution in [2.24, 2.45) is 5.92 Å². The van der Waals surface area contributed by atoms with E-state index in [2.05, 4.69) is 21.2 Å². The van der Waals surface area contributed by atoms with Crippen LogP contribution in [0.15, 0.2) is 53.0 Å². The minimum absolute atomic E-state index is 0.0949. The molecule has 0 spiro atoms. The second kappa shape index (κ2) is 7.18. The number of amides is 2. The third-order valence-electron chi connectivity index (χ3n) is 4.27. The van der Waals surface area contributed by atoms with Crippen molar-refractivity contribution in [3.8, 4) is 0 Å². The average Bonchev–Trinajstić information content (AvgIpc) is 2.93. The second-order valence-electron chi connectivity index (χ2n) is 6.04. The van der Waals surface area contributed by atoms with Gasteiger partial charge in [-0.25, -0.2) is 0 Å². The number of aryl methyl sites for hydroxylation is 1. The van der Waals surface area contributed by atoms with Gasteiger partial charge in [0.15, 0.2) is 0 Å². The lowest BCUT2D eigenvalue weighted by Gasteiger charge is -2.17. The van der Waals surface area contributed by atoms with Crippen molar-refractivity contribution >= 4 is 33.4 Å². The summed E-state index contributed by atoms with van der Waals surface area (Å²) in [7, 11) is 0. The first kappa shape index (κ1) is 16.7. The Morgan fingerprint density at radius 3 is 2.71 bits per heavy atom. The van der Waals surface area contributed by atoms with E-state index in [0.717, 1.165) is 15.6 Å². The zero-order valence-electron chi connectivity index (χ0n) is 13.5. The molecule has 2 aromatic rings. The summed E-state index contributed by atoms with van der Waals surface area (Å²) in [4.78, 5) is 26.7. The number of anilines is 1. The summed E-state index contributed by atoms with van der Waals surface area (Å²) < 4.78 is 0.934. The Labute approximate surface area is 150 Å². The number of benzene rings is 2. The van der Waals surface area contributed by atoms with Crippen LogP contribution >= 0.6 is 15.9 Å². The van der Waals surface area contributed by atoms with Crippen LogP contribution in [-0.2, 0) is 16.1 Å². The van der Waals surface area contributed by atoms with E-state index < -0.39 is 5.92 Å². The SMILES string of the molecule is Cc1ccc(NC(=O)C2CCN(Cc3ccccc3)C2=O)cc1Br. The lowest BCUT2D eigenvalue weighted by Crippen LogP contribution is -2.32. The fraction of sp³-hybridized carbons (Fsp3) is 0.263. The molecule has 4 nitrogen and oxygen atoms in total. The van der Waals surface area contributed by atoms with Crippen molar-refractivity contribution in [3.63, 3.8) is 0 Å². The van der Waals surface area contributed by atoms with Gasteiger partial charge >= 0.3 is 0 Å². The Balaban J connectivity index is 1.64.